The number of benzene rings is 2. The number of ether oxygens (including phenoxy) is 1. The van der Waals surface area contributed by atoms with E-state index in [1.807, 2.05) is 37.3 Å². The highest BCUT2D eigenvalue weighted by Gasteiger charge is 2.08. The largest absolute Gasteiger partial charge is 0.465 e. The van der Waals surface area contributed by atoms with E-state index in [1.54, 1.807) is 18.2 Å². The Balaban J connectivity index is 1.62. The molecule has 0 saturated carbocycles. The summed E-state index contributed by atoms with van der Waals surface area (Å²) in [5, 5.41) is 3.43. The van der Waals surface area contributed by atoms with Gasteiger partial charge in [0.1, 0.15) is 0 Å². The summed E-state index contributed by atoms with van der Waals surface area (Å²) in [6.07, 6.45) is 0.688. The lowest BCUT2D eigenvalue weighted by Crippen LogP contribution is -2.17. The Bertz CT molecular complexity index is 722. The van der Waals surface area contributed by atoms with Crippen LogP contribution >= 0.6 is 23.4 Å². The molecular formula is C19H20ClNO3S. The highest BCUT2D eigenvalue weighted by molar-refractivity contribution is 8.00. The molecule has 2 aromatic carbocycles. The number of nitrogens with one attached hydrogen (secondary N) is 1. The summed E-state index contributed by atoms with van der Waals surface area (Å²) < 4.78 is 5.17. The predicted molar refractivity (Wildman–Crippen MR) is 103 cm³/mol. The number of thioether (sulfide) groups is 1. The summed E-state index contributed by atoms with van der Waals surface area (Å²) in [4.78, 5) is 23.6. The first-order valence-electron chi connectivity index (χ1n) is 7.88. The van der Waals surface area contributed by atoms with Crippen molar-refractivity contribution >= 4 is 40.9 Å². The Morgan fingerprint density at radius 1 is 1.12 bits per heavy atom. The highest BCUT2D eigenvalue weighted by Crippen LogP contribution is 2.19. The van der Waals surface area contributed by atoms with Crippen LogP contribution in [0.25, 0.3) is 0 Å². The van der Waals surface area contributed by atoms with Gasteiger partial charge < -0.3 is 10.1 Å². The van der Waals surface area contributed by atoms with E-state index in [2.05, 4.69) is 5.32 Å². The molecule has 2 aromatic rings. The van der Waals surface area contributed by atoms with Crippen molar-refractivity contribution in [3.05, 3.63) is 64.7 Å². The standard InChI is InChI=1S/C19H20ClNO3S/c1-14-11-16(20)7-8-17(14)21-18(22)12-25-13-19(23)24-10-9-15-5-3-2-4-6-15/h2-8,11H,9-10,12-13H2,1H3,(H,21,22). The van der Waals surface area contributed by atoms with Crippen LogP contribution in [0.3, 0.4) is 0 Å². The zero-order chi connectivity index (χ0) is 18.1. The quantitative estimate of drug-likeness (QED) is 0.703. The first-order valence-corrected chi connectivity index (χ1v) is 9.41. The molecule has 4 nitrogen and oxygen atoms in total. The molecule has 0 saturated heterocycles. The fraction of sp³-hybridized carbons (Fsp3) is 0.263. The van der Waals surface area contributed by atoms with E-state index >= 15 is 0 Å². The number of halogens is 1. The maximum absolute atomic E-state index is 11.9. The van der Waals surface area contributed by atoms with Crippen molar-refractivity contribution in [3.63, 3.8) is 0 Å². The molecule has 0 heterocycles. The Morgan fingerprint density at radius 3 is 2.60 bits per heavy atom. The molecule has 0 aliphatic heterocycles. The van der Waals surface area contributed by atoms with Crippen LogP contribution in [-0.4, -0.2) is 30.0 Å². The molecule has 0 radical (unpaired) electrons. The van der Waals surface area contributed by atoms with Crippen LogP contribution in [0.5, 0.6) is 0 Å². The molecule has 0 aromatic heterocycles. The average Bonchev–Trinajstić information content (AvgIpc) is 2.58. The summed E-state index contributed by atoms with van der Waals surface area (Å²) in [6, 6.07) is 15.1. The zero-order valence-electron chi connectivity index (χ0n) is 14.0. The SMILES string of the molecule is Cc1cc(Cl)ccc1NC(=O)CSCC(=O)OCCc1ccccc1. The van der Waals surface area contributed by atoms with Gasteiger partial charge in [-0.05, 0) is 36.2 Å². The summed E-state index contributed by atoms with van der Waals surface area (Å²) in [7, 11) is 0. The van der Waals surface area contributed by atoms with E-state index in [4.69, 9.17) is 16.3 Å². The van der Waals surface area contributed by atoms with Gasteiger partial charge in [-0.25, -0.2) is 0 Å². The second-order valence-electron chi connectivity index (χ2n) is 5.46. The molecule has 0 aliphatic carbocycles. The molecule has 0 atom stereocenters. The van der Waals surface area contributed by atoms with E-state index in [-0.39, 0.29) is 23.4 Å². The third kappa shape index (κ3) is 7.20. The maximum atomic E-state index is 11.9. The topological polar surface area (TPSA) is 55.4 Å². The van der Waals surface area contributed by atoms with E-state index in [0.717, 1.165) is 16.8 Å². The van der Waals surface area contributed by atoms with Crippen LogP contribution in [0.4, 0.5) is 5.69 Å². The number of esters is 1. The smallest absolute Gasteiger partial charge is 0.315 e. The van der Waals surface area contributed by atoms with Crippen molar-refractivity contribution in [2.24, 2.45) is 0 Å². The van der Waals surface area contributed by atoms with E-state index < -0.39 is 0 Å². The van der Waals surface area contributed by atoms with Crippen molar-refractivity contribution in [2.75, 3.05) is 23.4 Å². The molecule has 6 heteroatoms. The van der Waals surface area contributed by atoms with Crippen molar-refractivity contribution < 1.29 is 14.3 Å². The molecule has 0 unspecified atom stereocenters. The van der Waals surface area contributed by atoms with Crippen LogP contribution < -0.4 is 5.32 Å². The zero-order valence-corrected chi connectivity index (χ0v) is 15.5. The van der Waals surface area contributed by atoms with E-state index in [1.165, 1.54) is 11.8 Å². The second-order valence-corrected chi connectivity index (χ2v) is 6.88. The minimum absolute atomic E-state index is 0.155. The first kappa shape index (κ1) is 19.3. The lowest BCUT2D eigenvalue weighted by molar-refractivity contribution is -0.140. The Labute approximate surface area is 156 Å². The fourth-order valence-corrected chi connectivity index (χ4v) is 2.99. The Morgan fingerprint density at radius 2 is 1.88 bits per heavy atom. The molecule has 0 bridgehead atoms. The molecule has 1 N–H and O–H groups in total. The molecule has 0 spiro atoms. The van der Waals surface area contributed by atoms with Crippen molar-refractivity contribution in [2.45, 2.75) is 13.3 Å². The minimum atomic E-state index is -0.309. The fourth-order valence-electron chi connectivity index (χ4n) is 2.15. The van der Waals surface area contributed by atoms with Gasteiger partial charge in [-0.15, -0.1) is 11.8 Å². The molecule has 132 valence electrons. The van der Waals surface area contributed by atoms with Crippen LogP contribution in [0.1, 0.15) is 11.1 Å². The third-order valence-corrected chi connectivity index (χ3v) is 4.55. The highest BCUT2D eigenvalue weighted by atomic mass is 35.5. The van der Waals surface area contributed by atoms with E-state index in [9.17, 15) is 9.59 Å². The predicted octanol–water partition coefficient (Wildman–Crippen LogP) is 4.11. The normalized spacial score (nSPS) is 10.3. The van der Waals surface area contributed by atoms with Gasteiger partial charge in [-0.3, -0.25) is 9.59 Å². The molecule has 2 rings (SSSR count). The third-order valence-electron chi connectivity index (χ3n) is 3.41. The minimum Gasteiger partial charge on any atom is -0.465 e. The summed E-state index contributed by atoms with van der Waals surface area (Å²) in [5.41, 5.74) is 2.74. The lowest BCUT2D eigenvalue weighted by atomic mass is 10.2. The van der Waals surface area contributed by atoms with Crippen molar-refractivity contribution in [3.8, 4) is 0 Å². The van der Waals surface area contributed by atoms with Crippen LogP contribution in [0.2, 0.25) is 5.02 Å². The summed E-state index contributed by atoms with van der Waals surface area (Å²) >= 11 is 7.12. The molecule has 0 fully saturated rings. The van der Waals surface area contributed by atoms with Gasteiger partial charge in [0.2, 0.25) is 5.91 Å². The number of amides is 1. The Hall–Kier alpha value is -1.98. The number of hydrogen-bond acceptors (Lipinski definition) is 4. The number of rotatable bonds is 8. The number of carbonyl (C=O) groups is 2. The van der Waals surface area contributed by atoms with Crippen LogP contribution in [0.15, 0.2) is 48.5 Å². The van der Waals surface area contributed by atoms with Crippen LogP contribution in [0, 0.1) is 6.92 Å². The number of hydrogen-bond donors (Lipinski definition) is 1. The molecular weight excluding hydrogens is 358 g/mol. The molecule has 25 heavy (non-hydrogen) atoms. The van der Waals surface area contributed by atoms with Gasteiger partial charge in [-0.2, -0.15) is 0 Å². The van der Waals surface area contributed by atoms with Gasteiger partial charge in [0.05, 0.1) is 18.1 Å². The average molecular weight is 378 g/mol. The summed E-state index contributed by atoms with van der Waals surface area (Å²) in [6.45, 7) is 2.22. The van der Waals surface area contributed by atoms with Gasteiger partial charge in [-0.1, -0.05) is 41.9 Å². The molecule has 0 aliphatic rings. The maximum Gasteiger partial charge on any atom is 0.315 e. The number of anilines is 1. The van der Waals surface area contributed by atoms with Gasteiger partial charge in [0, 0.05) is 17.1 Å². The van der Waals surface area contributed by atoms with Crippen LogP contribution in [-0.2, 0) is 20.7 Å². The van der Waals surface area contributed by atoms with Crippen molar-refractivity contribution in [1.29, 1.82) is 0 Å². The molecule has 1 amide bonds. The Kier molecular flexibility index (Phi) is 7.82. The van der Waals surface area contributed by atoms with Gasteiger partial charge in [0.25, 0.3) is 0 Å². The summed E-state index contributed by atoms with van der Waals surface area (Å²) in [5.74, 6) is -0.124. The first-order chi connectivity index (χ1) is 12.0. The van der Waals surface area contributed by atoms with Gasteiger partial charge in [0.15, 0.2) is 0 Å². The lowest BCUT2D eigenvalue weighted by Gasteiger charge is -2.08. The number of carbonyl (C=O) groups excluding carboxylic acids is 2. The number of aryl methyl sites for hydroxylation is 1. The monoisotopic (exact) mass is 377 g/mol. The van der Waals surface area contributed by atoms with E-state index in [0.29, 0.717) is 18.1 Å². The van der Waals surface area contributed by atoms with Gasteiger partial charge >= 0.3 is 5.97 Å². The van der Waals surface area contributed by atoms with Crippen molar-refractivity contribution in [1.82, 2.24) is 0 Å². The second kappa shape index (κ2) is 10.1.